The molecule has 0 spiro atoms. The van der Waals surface area contributed by atoms with Crippen molar-refractivity contribution in [3.8, 4) is 11.5 Å². The van der Waals surface area contributed by atoms with Crippen molar-refractivity contribution < 1.29 is 19.4 Å². The molecule has 1 aromatic carbocycles. The Morgan fingerprint density at radius 3 is 2.67 bits per heavy atom. The number of hydrogen-bond donors (Lipinski definition) is 1. The van der Waals surface area contributed by atoms with Gasteiger partial charge in [0, 0.05) is 17.7 Å². The molecule has 0 aliphatic rings. The highest BCUT2D eigenvalue weighted by Gasteiger charge is 2.05. The molecule has 0 fully saturated rings. The van der Waals surface area contributed by atoms with Gasteiger partial charge >= 0.3 is 5.97 Å². The molecule has 0 unspecified atom stereocenters. The Kier molecular flexibility index (Phi) is 7.37. The normalized spacial score (nSPS) is 11.0. The zero-order chi connectivity index (χ0) is 15.7. The van der Waals surface area contributed by atoms with Gasteiger partial charge < -0.3 is 14.6 Å². The van der Waals surface area contributed by atoms with Gasteiger partial charge in [-0.05, 0) is 37.0 Å². The Morgan fingerprint density at radius 2 is 2.05 bits per heavy atom. The van der Waals surface area contributed by atoms with Gasteiger partial charge in [0.2, 0.25) is 0 Å². The van der Waals surface area contributed by atoms with Gasteiger partial charge in [0.25, 0.3) is 0 Å². The van der Waals surface area contributed by atoms with Gasteiger partial charge in [0.15, 0.2) is 0 Å². The summed E-state index contributed by atoms with van der Waals surface area (Å²) in [5.41, 5.74) is 0.741. The fourth-order valence-corrected chi connectivity index (χ4v) is 1.65. The molecule has 1 rings (SSSR count). The number of aliphatic carboxylic acids is 1. The minimum absolute atomic E-state index is 0.558. The SMILES string of the molecule is CCCOc1ccc(/C=C/C(=O)O)c(OCCC(C)C)c1. The molecule has 116 valence electrons. The van der Waals surface area contributed by atoms with Crippen LogP contribution in [0.1, 0.15) is 39.2 Å². The summed E-state index contributed by atoms with van der Waals surface area (Å²) in [5.74, 6) is 0.975. The minimum atomic E-state index is -0.977. The molecule has 0 bridgehead atoms. The molecule has 4 nitrogen and oxygen atoms in total. The van der Waals surface area contributed by atoms with Crippen molar-refractivity contribution in [2.24, 2.45) is 5.92 Å². The van der Waals surface area contributed by atoms with Crippen LogP contribution in [-0.4, -0.2) is 24.3 Å². The van der Waals surface area contributed by atoms with Crippen molar-refractivity contribution in [1.82, 2.24) is 0 Å². The highest BCUT2D eigenvalue weighted by Crippen LogP contribution is 2.26. The van der Waals surface area contributed by atoms with Gasteiger partial charge in [-0.25, -0.2) is 4.79 Å². The largest absolute Gasteiger partial charge is 0.493 e. The van der Waals surface area contributed by atoms with Crippen LogP contribution < -0.4 is 9.47 Å². The Balaban J connectivity index is 2.86. The molecular formula is C17H24O4. The fraction of sp³-hybridized carbons (Fsp3) is 0.471. The molecule has 0 atom stereocenters. The van der Waals surface area contributed by atoms with E-state index in [-0.39, 0.29) is 0 Å². The quantitative estimate of drug-likeness (QED) is 0.699. The number of rotatable bonds is 9. The van der Waals surface area contributed by atoms with Gasteiger partial charge in [-0.15, -0.1) is 0 Å². The number of hydrogen-bond acceptors (Lipinski definition) is 3. The second-order valence-electron chi connectivity index (χ2n) is 5.25. The second-order valence-corrected chi connectivity index (χ2v) is 5.25. The van der Waals surface area contributed by atoms with Crippen LogP contribution in [0.5, 0.6) is 11.5 Å². The molecular weight excluding hydrogens is 268 g/mol. The smallest absolute Gasteiger partial charge is 0.328 e. The lowest BCUT2D eigenvalue weighted by atomic mass is 10.1. The summed E-state index contributed by atoms with van der Waals surface area (Å²) in [6.07, 6.45) is 4.53. The number of ether oxygens (including phenoxy) is 2. The fourth-order valence-electron chi connectivity index (χ4n) is 1.65. The van der Waals surface area contributed by atoms with Crippen LogP contribution >= 0.6 is 0 Å². The summed E-state index contributed by atoms with van der Waals surface area (Å²) in [6, 6.07) is 5.46. The number of carbonyl (C=O) groups is 1. The maximum absolute atomic E-state index is 10.6. The third kappa shape index (κ3) is 6.84. The molecule has 4 heteroatoms. The van der Waals surface area contributed by atoms with Gasteiger partial charge in [0.1, 0.15) is 11.5 Å². The molecule has 0 radical (unpaired) electrons. The summed E-state index contributed by atoms with van der Waals surface area (Å²) < 4.78 is 11.4. The van der Waals surface area contributed by atoms with Crippen molar-refractivity contribution in [2.75, 3.05) is 13.2 Å². The van der Waals surface area contributed by atoms with Crippen LogP contribution in [0.15, 0.2) is 24.3 Å². The molecule has 0 aliphatic heterocycles. The van der Waals surface area contributed by atoms with E-state index in [4.69, 9.17) is 14.6 Å². The Hall–Kier alpha value is -1.97. The predicted octanol–water partition coefficient (Wildman–Crippen LogP) is 4.00. The lowest BCUT2D eigenvalue weighted by molar-refractivity contribution is -0.131. The molecule has 0 saturated carbocycles. The van der Waals surface area contributed by atoms with Crippen molar-refractivity contribution in [1.29, 1.82) is 0 Å². The minimum Gasteiger partial charge on any atom is -0.493 e. The van der Waals surface area contributed by atoms with E-state index in [0.29, 0.717) is 24.9 Å². The molecule has 0 aliphatic carbocycles. The molecule has 1 aromatic rings. The number of carboxylic acid groups (broad SMARTS) is 1. The summed E-state index contributed by atoms with van der Waals surface area (Å²) >= 11 is 0. The summed E-state index contributed by atoms with van der Waals surface area (Å²) in [6.45, 7) is 7.56. The van der Waals surface area contributed by atoms with Gasteiger partial charge in [0.05, 0.1) is 13.2 Å². The molecule has 0 saturated heterocycles. The highest BCUT2D eigenvalue weighted by atomic mass is 16.5. The summed E-state index contributed by atoms with van der Waals surface area (Å²) in [4.78, 5) is 10.6. The summed E-state index contributed by atoms with van der Waals surface area (Å²) in [5, 5.41) is 8.73. The van der Waals surface area contributed by atoms with E-state index in [9.17, 15) is 4.79 Å². The zero-order valence-corrected chi connectivity index (χ0v) is 13.0. The van der Waals surface area contributed by atoms with Crippen LogP contribution in [0.25, 0.3) is 6.08 Å². The lowest BCUT2D eigenvalue weighted by Crippen LogP contribution is -2.03. The molecule has 0 amide bonds. The Morgan fingerprint density at radius 1 is 1.29 bits per heavy atom. The van der Waals surface area contributed by atoms with E-state index in [1.54, 1.807) is 0 Å². The Bertz CT molecular complexity index is 478. The van der Waals surface area contributed by atoms with Gasteiger partial charge in [-0.3, -0.25) is 0 Å². The first-order valence-electron chi connectivity index (χ1n) is 7.33. The second kappa shape index (κ2) is 9.06. The van der Waals surface area contributed by atoms with Gasteiger partial charge in [-0.2, -0.15) is 0 Å². The molecule has 0 aromatic heterocycles. The standard InChI is InChI=1S/C17H24O4/c1-4-10-20-15-7-5-14(6-8-17(18)19)16(12-15)21-11-9-13(2)3/h5-8,12-13H,4,9-11H2,1-3H3,(H,18,19)/b8-6+. The maximum atomic E-state index is 10.6. The molecule has 0 heterocycles. The van der Waals surface area contributed by atoms with Crippen LogP contribution in [-0.2, 0) is 4.79 Å². The van der Waals surface area contributed by atoms with Crippen LogP contribution in [0, 0.1) is 5.92 Å². The molecule has 21 heavy (non-hydrogen) atoms. The number of benzene rings is 1. The average Bonchev–Trinajstić information content (AvgIpc) is 2.43. The monoisotopic (exact) mass is 292 g/mol. The van der Waals surface area contributed by atoms with E-state index in [0.717, 1.165) is 30.2 Å². The van der Waals surface area contributed by atoms with Crippen LogP contribution in [0.3, 0.4) is 0 Å². The first kappa shape index (κ1) is 17.1. The summed E-state index contributed by atoms with van der Waals surface area (Å²) in [7, 11) is 0. The van der Waals surface area contributed by atoms with Crippen molar-refractivity contribution in [3.05, 3.63) is 29.8 Å². The van der Waals surface area contributed by atoms with Gasteiger partial charge in [-0.1, -0.05) is 20.8 Å². The molecule has 1 N–H and O–H groups in total. The van der Waals surface area contributed by atoms with Crippen molar-refractivity contribution >= 4 is 12.0 Å². The van der Waals surface area contributed by atoms with E-state index < -0.39 is 5.97 Å². The topological polar surface area (TPSA) is 55.8 Å². The average molecular weight is 292 g/mol. The number of carboxylic acids is 1. The van der Waals surface area contributed by atoms with E-state index in [1.165, 1.54) is 6.08 Å². The zero-order valence-electron chi connectivity index (χ0n) is 13.0. The van der Waals surface area contributed by atoms with E-state index in [1.807, 2.05) is 25.1 Å². The van der Waals surface area contributed by atoms with Crippen LogP contribution in [0.2, 0.25) is 0 Å². The third-order valence-electron chi connectivity index (χ3n) is 2.82. The predicted molar refractivity (Wildman–Crippen MR) is 83.8 cm³/mol. The van der Waals surface area contributed by atoms with Crippen molar-refractivity contribution in [2.45, 2.75) is 33.6 Å². The van der Waals surface area contributed by atoms with E-state index >= 15 is 0 Å². The van der Waals surface area contributed by atoms with Crippen LogP contribution in [0.4, 0.5) is 0 Å². The van der Waals surface area contributed by atoms with E-state index in [2.05, 4.69) is 13.8 Å². The van der Waals surface area contributed by atoms with Crippen molar-refractivity contribution in [3.63, 3.8) is 0 Å². The maximum Gasteiger partial charge on any atom is 0.328 e. The highest BCUT2D eigenvalue weighted by molar-refractivity contribution is 5.86. The Labute approximate surface area is 126 Å². The first-order chi connectivity index (χ1) is 10.0. The lowest BCUT2D eigenvalue weighted by Gasteiger charge is -2.13. The first-order valence-corrected chi connectivity index (χ1v) is 7.33. The third-order valence-corrected chi connectivity index (χ3v) is 2.82.